The zero-order valence-electron chi connectivity index (χ0n) is 38.5. The van der Waals surface area contributed by atoms with Crippen LogP contribution in [0.15, 0.2) is 66.9 Å². The van der Waals surface area contributed by atoms with Crippen molar-refractivity contribution in [3.8, 4) is 10.6 Å². The zero-order chi connectivity index (χ0) is 47.1. The number of methoxy groups -OCH3 is 2. The second-order valence-corrected chi connectivity index (χ2v) is 19.4. The summed E-state index contributed by atoms with van der Waals surface area (Å²) in [5, 5.41) is 7.21. The Morgan fingerprint density at radius 1 is 0.687 bits per heavy atom. The molecule has 3 aromatic carbocycles. The molecule has 0 spiro atoms. The molecular weight excluding hydrogens is 876 g/mol. The molecule has 0 radical (unpaired) electrons. The van der Waals surface area contributed by atoms with Crippen molar-refractivity contribution in [2.75, 3.05) is 32.2 Å². The van der Waals surface area contributed by atoms with Crippen LogP contribution in [0.4, 0.5) is 19.0 Å². The third-order valence-corrected chi connectivity index (χ3v) is 14.6. The lowest BCUT2D eigenvalue weighted by molar-refractivity contribution is -0.136. The van der Waals surface area contributed by atoms with Gasteiger partial charge in [-0.05, 0) is 110 Å². The number of hydrogen-bond acceptors (Lipinski definition) is 11. The highest BCUT2D eigenvalue weighted by atomic mass is 32.1. The third-order valence-electron chi connectivity index (χ3n) is 13.5. The molecule has 3 saturated heterocycles. The molecule has 18 heteroatoms. The van der Waals surface area contributed by atoms with Gasteiger partial charge in [-0.15, -0.1) is 0 Å². The lowest BCUT2D eigenvalue weighted by Crippen LogP contribution is -2.51. The van der Waals surface area contributed by atoms with Gasteiger partial charge in [0.2, 0.25) is 11.8 Å². The fraction of sp³-hybridized carbons (Fsp3) is 0.449. The number of benzene rings is 3. The lowest BCUT2D eigenvalue weighted by atomic mass is 10.0. The summed E-state index contributed by atoms with van der Waals surface area (Å²) in [5.74, 6) is 0.502. The first-order valence-electron chi connectivity index (χ1n) is 23.1. The highest BCUT2D eigenvalue weighted by Gasteiger charge is 2.41. The maximum absolute atomic E-state index is 14.0. The van der Waals surface area contributed by atoms with Crippen LogP contribution in [0.3, 0.4) is 0 Å². The van der Waals surface area contributed by atoms with Gasteiger partial charge in [0.05, 0.1) is 66.7 Å². The molecule has 0 bridgehead atoms. The Labute approximate surface area is 392 Å². The Morgan fingerprint density at radius 2 is 1.16 bits per heavy atom. The fourth-order valence-electron chi connectivity index (χ4n) is 10.1. The molecule has 0 saturated carbocycles. The van der Waals surface area contributed by atoms with Crippen LogP contribution in [-0.4, -0.2) is 98.1 Å². The van der Waals surface area contributed by atoms with Crippen LogP contribution in [-0.2, 0) is 19.1 Å². The van der Waals surface area contributed by atoms with Gasteiger partial charge in [-0.1, -0.05) is 51.2 Å². The standard InChI is InChI=1S/C49H57FN10O6S/c1-26(2)41(56-48(63)65-5)46(61)58-21-7-9-38(58)43-52-32-17-13-29(23-34(32)54-43)36-19-20-37(60(36)40-25-51-45(67-40)28-11-15-31(50)16-12-28)30-14-18-33-35(24-30)55-44(53-33)39-10-8-22-59(39)47(62)42(27(3)4)57-49(64)66-6/h11-18,23-27,36-39,41-42H,7-10,19-22H2,1-6H3,(H,52,54)(H,53,55)(H,56,63)(H,57,64)/t36-,37-,38+,39+,41+,42+/m1/s1. The molecular formula is C49H57FN10O6S. The molecule has 16 nitrogen and oxygen atoms in total. The summed E-state index contributed by atoms with van der Waals surface area (Å²) in [4.78, 5) is 80.3. The second kappa shape index (κ2) is 19.0. The van der Waals surface area contributed by atoms with E-state index in [2.05, 4.69) is 61.9 Å². The van der Waals surface area contributed by atoms with E-state index in [4.69, 9.17) is 24.4 Å². The topological polar surface area (TPSA) is 191 Å². The summed E-state index contributed by atoms with van der Waals surface area (Å²) in [6.45, 7) is 8.72. The summed E-state index contributed by atoms with van der Waals surface area (Å²) in [7, 11) is 2.58. The number of thiazole rings is 1. The number of halogens is 1. The molecule has 4 N–H and O–H groups in total. The summed E-state index contributed by atoms with van der Waals surface area (Å²) in [6.07, 6.45) is 5.41. The second-order valence-electron chi connectivity index (χ2n) is 18.4. The Bertz CT molecular complexity index is 2640. The molecule has 4 amide bonds. The Hall–Kier alpha value is -6.56. The van der Waals surface area contributed by atoms with Crippen molar-refractivity contribution in [1.82, 2.24) is 45.4 Å². The largest absolute Gasteiger partial charge is 0.453 e. The summed E-state index contributed by atoms with van der Waals surface area (Å²) < 4.78 is 23.6. The number of aromatic nitrogens is 5. The number of aromatic amines is 2. The number of hydrogen-bond donors (Lipinski definition) is 4. The Morgan fingerprint density at radius 3 is 1.61 bits per heavy atom. The van der Waals surface area contributed by atoms with E-state index in [9.17, 15) is 23.6 Å². The molecule has 6 heterocycles. The quantitative estimate of drug-likeness (QED) is 0.0922. The van der Waals surface area contributed by atoms with Crippen LogP contribution >= 0.6 is 11.3 Å². The minimum Gasteiger partial charge on any atom is -0.453 e. The lowest BCUT2D eigenvalue weighted by Gasteiger charge is -2.31. The van der Waals surface area contributed by atoms with E-state index in [-0.39, 0.29) is 53.6 Å². The number of amides is 4. The van der Waals surface area contributed by atoms with Crippen molar-refractivity contribution in [3.63, 3.8) is 0 Å². The van der Waals surface area contributed by atoms with Crippen LogP contribution in [0, 0.1) is 17.7 Å². The number of ether oxygens (including phenoxy) is 2. The number of imidazole rings is 2. The molecule has 352 valence electrons. The normalized spacial score (nSPS) is 20.6. The van der Waals surface area contributed by atoms with E-state index in [0.29, 0.717) is 24.7 Å². The average Bonchev–Trinajstić information content (AvgIpc) is 4.19. The van der Waals surface area contributed by atoms with Gasteiger partial charge >= 0.3 is 12.2 Å². The van der Waals surface area contributed by atoms with Gasteiger partial charge in [0.25, 0.3) is 0 Å². The molecule has 3 aliphatic rings. The smallest absolute Gasteiger partial charge is 0.407 e. The van der Waals surface area contributed by atoms with Crippen LogP contribution in [0.25, 0.3) is 32.6 Å². The number of carbonyl (C=O) groups is 4. The van der Waals surface area contributed by atoms with Gasteiger partial charge < -0.3 is 44.8 Å². The Kier molecular flexibility index (Phi) is 12.9. The number of nitrogens with zero attached hydrogens (tertiary/aromatic N) is 6. The van der Waals surface area contributed by atoms with Crippen LogP contribution in [0.1, 0.15) is 113 Å². The van der Waals surface area contributed by atoms with Crippen LogP contribution < -0.4 is 15.5 Å². The van der Waals surface area contributed by atoms with Gasteiger partial charge in [0.15, 0.2) is 0 Å². The molecule has 6 aromatic rings. The highest BCUT2D eigenvalue weighted by Crippen LogP contribution is 2.50. The predicted molar refractivity (Wildman–Crippen MR) is 253 cm³/mol. The van der Waals surface area contributed by atoms with Crippen molar-refractivity contribution in [2.45, 2.75) is 102 Å². The first-order chi connectivity index (χ1) is 32.3. The minimum absolute atomic E-state index is 0.0483. The van der Waals surface area contributed by atoms with Gasteiger partial charge in [-0.25, -0.2) is 28.9 Å². The van der Waals surface area contributed by atoms with Crippen LogP contribution in [0.2, 0.25) is 0 Å². The predicted octanol–water partition coefficient (Wildman–Crippen LogP) is 8.87. The number of likely N-dealkylation sites (tertiary alicyclic amines) is 2. The number of nitrogens with one attached hydrogen (secondary N) is 4. The van der Waals surface area contributed by atoms with Crippen LogP contribution in [0.5, 0.6) is 0 Å². The van der Waals surface area contributed by atoms with E-state index < -0.39 is 24.3 Å². The molecule has 0 unspecified atom stereocenters. The van der Waals surface area contributed by atoms with Crippen molar-refractivity contribution in [3.05, 3.63) is 95.5 Å². The third kappa shape index (κ3) is 9.02. The molecule has 6 atom stereocenters. The fourth-order valence-corrected chi connectivity index (χ4v) is 11.1. The molecule has 0 aliphatic carbocycles. The summed E-state index contributed by atoms with van der Waals surface area (Å²) in [6, 6.07) is 17.0. The van der Waals surface area contributed by atoms with Crippen molar-refractivity contribution in [1.29, 1.82) is 0 Å². The molecule has 3 aromatic heterocycles. The first kappa shape index (κ1) is 45.6. The number of fused-ring (bicyclic) bond motifs is 2. The van der Waals surface area contributed by atoms with Crippen molar-refractivity contribution < 1.29 is 33.0 Å². The van der Waals surface area contributed by atoms with E-state index >= 15 is 0 Å². The molecule has 3 aliphatic heterocycles. The van der Waals surface area contributed by atoms with E-state index in [1.54, 1.807) is 23.5 Å². The SMILES string of the molecule is COC(=O)N[C@H](C(=O)N1CCC[C@H]1c1nc2cc([C@H]3CC[C@H](c4ccc5[nH]c([C@@H]6CCCN6C(=O)[C@@H](NC(=O)OC)C(C)C)nc5c4)N3c3cnc(-c4ccc(F)cc4)s3)ccc2[nH]1)C(C)C. The summed E-state index contributed by atoms with van der Waals surface area (Å²) >= 11 is 1.56. The number of H-pyrrole nitrogens is 2. The maximum atomic E-state index is 14.0. The van der Waals surface area contributed by atoms with E-state index in [1.165, 1.54) is 26.4 Å². The number of rotatable bonds is 12. The van der Waals surface area contributed by atoms with E-state index in [1.807, 2.05) is 43.7 Å². The van der Waals surface area contributed by atoms with Gasteiger partial charge in [0.1, 0.15) is 39.6 Å². The minimum atomic E-state index is -0.731. The first-order valence-corrected chi connectivity index (χ1v) is 23.9. The van der Waals surface area contributed by atoms with Gasteiger partial charge in [-0.2, -0.15) is 0 Å². The monoisotopic (exact) mass is 932 g/mol. The molecule has 9 rings (SSSR count). The molecule has 67 heavy (non-hydrogen) atoms. The molecule has 3 fully saturated rings. The maximum Gasteiger partial charge on any atom is 0.407 e. The Balaban J connectivity index is 1.02. The number of alkyl carbamates (subject to hydrolysis) is 2. The van der Waals surface area contributed by atoms with Crippen molar-refractivity contribution >= 4 is 62.4 Å². The van der Waals surface area contributed by atoms with Gasteiger partial charge in [-0.3, -0.25) is 9.59 Å². The average molecular weight is 933 g/mol. The summed E-state index contributed by atoms with van der Waals surface area (Å²) in [5.41, 5.74) is 6.33. The van der Waals surface area contributed by atoms with E-state index in [0.717, 1.165) is 87.3 Å². The van der Waals surface area contributed by atoms with Gasteiger partial charge in [0, 0.05) is 18.7 Å². The van der Waals surface area contributed by atoms with Crippen molar-refractivity contribution in [2.24, 2.45) is 11.8 Å². The zero-order valence-corrected chi connectivity index (χ0v) is 39.4. The number of carbonyl (C=O) groups excluding carboxylic acids is 4. The highest BCUT2D eigenvalue weighted by molar-refractivity contribution is 7.18. The number of anilines is 1.